The van der Waals surface area contributed by atoms with Crippen LogP contribution in [0.15, 0.2) is 11.8 Å². The van der Waals surface area contributed by atoms with Crippen molar-refractivity contribution in [2.45, 2.75) is 27.2 Å². The molecule has 0 aromatic rings. The maximum absolute atomic E-state index is 3.16. The molecule has 0 aliphatic rings. The van der Waals surface area contributed by atoms with Gasteiger partial charge in [-0.2, -0.15) is 0 Å². The van der Waals surface area contributed by atoms with Gasteiger partial charge in [0.1, 0.15) is 0 Å². The van der Waals surface area contributed by atoms with E-state index in [9.17, 15) is 0 Å². The quantitative estimate of drug-likeness (QED) is 0.612. The van der Waals surface area contributed by atoms with Gasteiger partial charge in [-0.3, -0.25) is 0 Å². The Morgan fingerprint density at radius 1 is 1.56 bits per heavy atom. The lowest BCUT2D eigenvalue weighted by molar-refractivity contribution is 0.693. The fourth-order valence-corrected chi connectivity index (χ4v) is 0.846. The van der Waals surface area contributed by atoms with Crippen LogP contribution in [0, 0.1) is 5.92 Å². The van der Waals surface area contributed by atoms with Crippen LogP contribution < -0.4 is 5.32 Å². The Bertz CT molecular complexity index is 92.7. The van der Waals surface area contributed by atoms with Crippen LogP contribution in [-0.4, -0.2) is 7.05 Å². The minimum atomic E-state index is 0.634. The Kier molecular flexibility index (Phi) is 4.20. The first-order chi connectivity index (χ1) is 4.22. The van der Waals surface area contributed by atoms with Crippen molar-refractivity contribution in [2.75, 3.05) is 7.05 Å². The summed E-state index contributed by atoms with van der Waals surface area (Å²) >= 11 is 0. The maximum atomic E-state index is 3.16. The van der Waals surface area contributed by atoms with Crippen molar-refractivity contribution >= 4 is 0 Å². The summed E-state index contributed by atoms with van der Waals surface area (Å²) in [5.41, 5.74) is 1.34. The first kappa shape index (κ1) is 8.54. The molecule has 0 aromatic carbocycles. The highest BCUT2D eigenvalue weighted by Gasteiger charge is 1.96. The Morgan fingerprint density at radius 3 is 2.22 bits per heavy atom. The molecular weight excluding hydrogens is 110 g/mol. The highest BCUT2D eigenvalue weighted by molar-refractivity contribution is 5.00. The number of nitrogens with one attached hydrogen (secondary N) is 1. The third-order valence-corrected chi connectivity index (χ3v) is 1.33. The highest BCUT2D eigenvalue weighted by atomic mass is 14.8. The van der Waals surface area contributed by atoms with Crippen molar-refractivity contribution in [3.63, 3.8) is 0 Å². The molecule has 0 radical (unpaired) electrons. The van der Waals surface area contributed by atoms with E-state index in [-0.39, 0.29) is 0 Å². The first-order valence-electron chi connectivity index (χ1n) is 3.60. The third-order valence-electron chi connectivity index (χ3n) is 1.33. The Labute approximate surface area is 58.2 Å². The zero-order chi connectivity index (χ0) is 7.28. The molecule has 0 spiro atoms. The molecule has 0 heterocycles. The standard InChI is InChI=1S/C8H17N/c1-5-6-8(9-4)7(2)3/h6-7,9H,5H2,1-4H3/b8-6+. The molecule has 0 saturated carbocycles. The summed E-state index contributed by atoms with van der Waals surface area (Å²) in [7, 11) is 1.97. The molecule has 0 unspecified atom stereocenters. The zero-order valence-corrected chi connectivity index (χ0v) is 6.86. The second-order valence-corrected chi connectivity index (χ2v) is 2.47. The molecule has 0 saturated heterocycles. The number of allylic oxidation sites excluding steroid dienone is 2. The molecule has 0 aliphatic carbocycles. The van der Waals surface area contributed by atoms with Gasteiger partial charge in [0.15, 0.2) is 0 Å². The van der Waals surface area contributed by atoms with E-state index in [1.54, 1.807) is 0 Å². The fraction of sp³-hybridized carbons (Fsp3) is 0.750. The van der Waals surface area contributed by atoms with Gasteiger partial charge in [0.05, 0.1) is 0 Å². The van der Waals surface area contributed by atoms with Gasteiger partial charge in [0.25, 0.3) is 0 Å². The topological polar surface area (TPSA) is 12.0 Å². The van der Waals surface area contributed by atoms with Gasteiger partial charge in [0.2, 0.25) is 0 Å². The second-order valence-electron chi connectivity index (χ2n) is 2.47. The van der Waals surface area contributed by atoms with Crippen molar-refractivity contribution in [1.29, 1.82) is 0 Å². The van der Waals surface area contributed by atoms with Gasteiger partial charge >= 0.3 is 0 Å². The number of hydrogen-bond donors (Lipinski definition) is 1. The van der Waals surface area contributed by atoms with E-state index in [4.69, 9.17) is 0 Å². The van der Waals surface area contributed by atoms with E-state index < -0.39 is 0 Å². The molecule has 1 N–H and O–H groups in total. The van der Waals surface area contributed by atoms with Crippen LogP contribution in [0.3, 0.4) is 0 Å². The normalized spacial score (nSPS) is 12.3. The van der Waals surface area contributed by atoms with Crippen LogP contribution in [0.2, 0.25) is 0 Å². The van der Waals surface area contributed by atoms with Crippen molar-refractivity contribution in [3.8, 4) is 0 Å². The van der Waals surface area contributed by atoms with Gasteiger partial charge in [-0.15, -0.1) is 0 Å². The third kappa shape index (κ3) is 3.17. The Balaban J connectivity index is 3.81. The molecule has 0 bridgehead atoms. The molecule has 54 valence electrons. The summed E-state index contributed by atoms with van der Waals surface area (Å²) < 4.78 is 0. The smallest absolute Gasteiger partial charge is 0.00893 e. The van der Waals surface area contributed by atoms with Gasteiger partial charge in [-0.1, -0.05) is 26.8 Å². The summed E-state index contributed by atoms with van der Waals surface area (Å²) in [6.45, 7) is 6.54. The van der Waals surface area contributed by atoms with E-state index in [1.807, 2.05) is 7.05 Å². The Hall–Kier alpha value is -0.460. The molecule has 0 atom stereocenters. The van der Waals surface area contributed by atoms with E-state index in [1.165, 1.54) is 5.70 Å². The predicted molar refractivity (Wildman–Crippen MR) is 42.3 cm³/mol. The number of rotatable bonds is 3. The van der Waals surface area contributed by atoms with Gasteiger partial charge < -0.3 is 5.32 Å². The van der Waals surface area contributed by atoms with Crippen LogP contribution >= 0.6 is 0 Å². The van der Waals surface area contributed by atoms with Crippen molar-refractivity contribution < 1.29 is 0 Å². The SMILES string of the molecule is CC/C=C(/NC)C(C)C. The van der Waals surface area contributed by atoms with Crippen molar-refractivity contribution in [2.24, 2.45) is 5.92 Å². The van der Waals surface area contributed by atoms with Crippen LogP contribution in [0.5, 0.6) is 0 Å². The lowest BCUT2D eigenvalue weighted by Crippen LogP contribution is -2.11. The monoisotopic (exact) mass is 127 g/mol. The molecule has 1 heteroatoms. The lowest BCUT2D eigenvalue weighted by Gasteiger charge is -2.09. The van der Waals surface area contributed by atoms with E-state index in [2.05, 4.69) is 32.2 Å². The zero-order valence-electron chi connectivity index (χ0n) is 6.86. The minimum Gasteiger partial charge on any atom is -0.391 e. The van der Waals surface area contributed by atoms with Crippen LogP contribution in [-0.2, 0) is 0 Å². The second kappa shape index (κ2) is 4.42. The molecule has 9 heavy (non-hydrogen) atoms. The summed E-state index contributed by atoms with van der Waals surface area (Å²) in [5, 5.41) is 3.16. The molecule has 0 aliphatic heterocycles. The van der Waals surface area contributed by atoms with E-state index >= 15 is 0 Å². The van der Waals surface area contributed by atoms with Gasteiger partial charge in [-0.05, 0) is 12.3 Å². The van der Waals surface area contributed by atoms with Gasteiger partial charge in [-0.25, -0.2) is 0 Å². The summed E-state index contributed by atoms with van der Waals surface area (Å²) in [6.07, 6.45) is 3.35. The molecule has 0 amide bonds. The van der Waals surface area contributed by atoms with Crippen molar-refractivity contribution in [1.82, 2.24) is 5.32 Å². The van der Waals surface area contributed by atoms with Gasteiger partial charge in [0, 0.05) is 12.7 Å². The molecule has 1 nitrogen and oxygen atoms in total. The van der Waals surface area contributed by atoms with Crippen LogP contribution in [0.25, 0.3) is 0 Å². The van der Waals surface area contributed by atoms with Crippen molar-refractivity contribution in [3.05, 3.63) is 11.8 Å². The molecule has 0 fully saturated rings. The summed E-state index contributed by atoms with van der Waals surface area (Å²) in [6, 6.07) is 0. The summed E-state index contributed by atoms with van der Waals surface area (Å²) in [4.78, 5) is 0. The fourth-order valence-electron chi connectivity index (χ4n) is 0.846. The summed E-state index contributed by atoms with van der Waals surface area (Å²) in [5.74, 6) is 0.634. The maximum Gasteiger partial charge on any atom is 0.00893 e. The molecular formula is C8H17N. The van der Waals surface area contributed by atoms with E-state index in [0.717, 1.165) is 6.42 Å². The van der Waals surface area contributed by atoms with Crippen LogP contribution in [0.1, 0.15) is 27.2 Å². The average molecular weight is 127 g/mol. The Morgan fingerprint density at radius 2 is 2.11 bits per heavy atom. The molecule has 0 aromatic heterocycles. The first-order valence-corrected chi connectivity index (χ1v) is 3.60. The van der Waals surface area contributed by atoms with E-state index in [0.29, 0.717) is 5.92 Å². The minimum absolute atomic E-state index is 0.634. The molecule has 0 rings (SSSR count). The van der Waals surface area contributed by atoms with Crippen LogP contribution in [0.4, 0.5) is 0 Å². The predicted octanol–water partition coefficient (Wildman–Crippen LogP) is 2.16. The average Bonchev–Trinajstić information content (AvgIpc) is 1.82. The number of hydrogen-bond acceptors (Lipinski definition) is 1. The largest absolute Gasteiger partial charge is 0.391 e. The highest BCUT2D eigenvalue weighted by Crippen LogP contribution is 2.04. The lowest BCUT2D eigenvalue weighted by atomic mass is 10.1.